The Hall–Kier alpha value is -2.88. The third-order valence-corrected chi connectivity index (χ3v) is 8.29. The molecule has 0 aliphatic heterocycles. The molecule has 4 rings (SSSR count). The van der Waals surface area contributed by atoms with Gasteiger partial charge in [-0.25, -0.2) is 9.97 Å². The van der Waals surface area contributed by atoms with Crippen LogP contribution in [0.2, 0.25) is 0 Å². The lowest BCUT2D eigenvalue weighted by molar-refractivity contribution is -0.122. The summed E-state index contributed by atoms with van der Waals surface area (Å²) < 4.78 is 6.73. The van der Waals surface area contributed by atoms with Crippen LogP contribution in [-0.2, 0) is 4.79 Å². The summed E-state index contributed by atoms with van der Waals surface area (Å²) >= 11 is 5.01. The standard InChI is InChI=1S/C25H26N4O2S3/c1-3-5-12-33-25-22(26)21-18(14-19(29-24(21)34-25)23-28-11-13-32-23)16-6-8-17(9-7-16)31-15-20(30)27-10-4-2/h4,6-9,11,13-14H,2-3,5,10,12,15,26H2,1H3,(H,27,30). The Kier molecular flexibility index (Phi) is 8.21. The summed E-state index contributed by atoms with van der Waals surface area (Å²) in [5, 5.41) is 6.50. The lowest BCUT2D eigenvalue weighted by Gasteiger charge is -2.10. The SMILES string of the molecule is C=CCNC(=O)COc1ccc(-c2cc(-c3nccs3)nc3sc(SCCCC)c(N)c23)cc1. The fourth-order valence-corrected chi connectivity index (χ4v) is 6.37. The van der Waals surface area contributed by atoms with E-state index in [2.05, 4.69) is 29.9 Å². The second kappa shape index (κ2) is 11.5. The number of carbonyl (C=O) groups is 1. The molecule has 9 heteroatoms. The second-order valence-electron chi connectivity index (χ2n) is 7.48. The molecule has 0 fully saturated rings. The summed E-state index contributed by atoms with van der Waals surface area (Å²) in [5.74, 6) is 1.47. The van der Waals surface area contributed by atoms with Crippen LogP contribution in [0.1, 0.15) is 19.8 Å². The van der Waals surface area contributed by atoms with E-state index in [-0.39, 0.29) is 12.5 Å². The maximum Gasteiger partial charge on any atom is 0.258 e. The van der Waals surface area contributed by atoms with Crippen molar-refractivity contribution < 1.29 is 9.53 Å². The van der Waals surface area contributed by atoms with Crippen LogP contribution in [0.5, 0.6) is 5.75 Å². The van der Waals surface area contributed by atoms with Gasteiger partial charge in [-0.05, 0) is 41.5 Å². The van der Waals surface area contributed by atoms with Gasteiger partial charge >= 0.3 is 0 Å². The van der Waals surface area contributed by atoms with Crippen molar-refractivity contribution in [3.63, 3.8) is 0 Å². The summed E-state index contributed by atoms with van der Waals surface area (Å²) in [6, 6.07) is 9.76. The van der Waals surface area contributed by atoms with Gasteiger partial charge in [0.05, 0.1) is 9.90 Å². The number of benzene rings is 1. The highest BCUT2D eigenvalue weighted by Gasteiger charge is 2.19. The van der Waals surface area contributed by atoms with Gasteiger partial charge in [-0.1, -0.05) is 31.6 Å². The summed E-state index contributed by atoms with van der Waals surface area (Å²) in [7, 11) is 0. The highest BCUT2D eigenvalue weighted by Crippen LogP contribution is 2.45. The number of pyridine rings is 1. The van der Waals surface area contributed by atoms with Gasteiger partial charge in [-0.2, -0.15) is 0 Å². The fraction of sp³-hybridized carbons (Fsp3) is 0.240. The highest BCUT2D eigenvalue weighted by molar-refractivity contribution is 8.01. The zero-order valence-corrected chi connectivity index (χ0v) is 21.3. The van der Waals surface area contributed by atoms with Crippen molar-refractivity contribution >= 4 is 56.2 Å². The van der Waals surface area contributed by atoms with Gasteiger partial charge < -0.3 is 15.8 Å². The summed E-state index contributed by atoms with van der Waals surface area (Å²) in [5.41, 5.74) is 10.3. The zero-order chi connectivity index (χ0) is 23.9. The molecule has 3 N–H and O–H groups in total. The minimum Gasteiger partial charge on any atom is -0.484 e. The molecule has 176 valence electrons. The molecular formula is C25H26N4O2S3. The van der Waals surface area contributed by atoms with Gasteiger partial charge in [-0.15, -0.1) is 41.0 Å². The quantitative estimate of drug-likeness (QED) is 0.141. The molecule has 1 aromatic carbocycles. The average Bonchev–Trinajstić information content (AvgIpc) is 3.50. The first-order chi connectivity index (χ1) is 16.6. The van der Waals surface area contributed by atoms with E-state index in [1.54, 1.807) is 46.7 Å². The molecule has 1 amide bonds. The van der Waals surface area contributed by atoms with E-state index in [1.165, 1.54) is 0 Å². The number of carbonyl (C=O) groups excluding carboxylic acids is 1. The number of fused-ring (bicyclic) bond motifs is 1. The van der Waals surface area contributed by atoms with Crippen LogP contribution in [0.3, 0.4) is 0 Å². The minimum absolute atomic E-state index is 0.0449. The number of thiazole rings is 1. The summed E-state index contributed by atoms with van der Waals surface area (Å²) in [6.07, 6.45) is 5.72. The van der Waals surface area contributed by atoms with E-state index in [1.807, 2.05) is 29.6 Å². The van der Waals surface area contributed by atoms with Crippen LogP contribution in [0.15, 0.2) is 58.8 Å². The number of anilines is 1. The summed E-state index contributed by atoms with van der Waals surface area (Å²) in [4.78, 5) is 22.1. The van der Waals surface area contributed by atoms with Crippen LogP contribution in [0.4, 0.5) is 5.69 Å². The molecule has 0 aliphatic rings. The number of nitrogens with two attached hydrogens (primary N) is 1. The normalized spacial score (nSPS) is 11.0. The van der Waals surface area contributed by atoms with E-state index in [9.17, 15) is 4.79 Å². The number of ether oxygens (including phenoxy) is 1. The van der Waals surface area contributed by atoms with Crippen molar-refractivity contribution in [3.05, 3.63) is 54.6 Å². The van der Waals surface area contributed by atoms with Crippen LogP contribution in [0.25, 0.3) is 32.0 Å². The average molecular weight is 511 g/mol. The number of thiophene rings is 1. The number of thioether (sulfide) groups is 1. The number of unbranched alkanes of at least 4 members (excludes halogenated alkanes) is 1. The minimum atomic E-state index is -0.188. The molecule has 0 saturated carbocycles. The first-order valence-corrected chi connectivity index (χ1v) is 13.7. The van der Waals surface area contributed by atoms with Gasteiger partial charge in [0.15, 0.2) is 6.61 Å². The number of nitrogens with one attached hydrogen (secondary N) is 1. The van der Waals surface area contributed by atoms with E-state index in [0.29, 0.717) is 12.3 Å². The van der Waals surface area contributed by atoms with Gasteiger partial charge in [0, 0.05) is 23.5 Å². The van der Waals surface area contributed by atoms with Gasteiger partial charge in [0.25, 0.3) is 5.91 Å². The Morgan fingerprint density at radius 3 is 2.85 bits per heavy atom. The molecular weight excluding hydrogens is 485 g/mol. The first-order valence-electron chi connectivity index (χ1n) is 11.0. The molecule has 3 heterocycles. The Balaban J connectivity index is 1.67. The van der Waals surface area contributed by atoms with Crippen molar-refractivity contribution in [3.8, 4) is 27.6 Å². The van der Waals surface area contributed by atoms with Crippen LogP contribution in [0, 0.1) is 0 Å². The fourth-order valence-electron chi connectivity index (χ4n) is 3.32. The third-order valence-electron chi connectivity index (χ3n) is 5.03. The smallest absolute Gasteiger partial charge is 0.258 e. The molecule has 0 aliphatic carbocycles. The maximum absolute atomic E-state index is 11.8. The number of hydrogen-bond acceptors (Lipinski definition) is 8. The monoisotopic (exact) mass is 510 g/mol. The zero-order valence-electron chi connectivity index (χ0n) is 18.9. The molecule has 0 atom stereocenters. The Bertz CT molecular complexity index is 1270. The molecule has 34 heavy (non-hydrogen) atoms. The lowest BCUT2D eigenvalue weighted by Crippen LogP contribution is -2.28. The number of hydrogen-bond donors (Lipinski definition) is 2. The van der Waals surface area contributed by atoms with Crippen molar-refractivity contribution in [2.75, 3.05) is 24.6 Å². The number of nitrogens with zero attached hydrogens (tertiary/aromatic N) is 2. The van der Waals surface area contributed by atoms with Gasteiger partial charge in [0.1, 0.15) is 21.3 Å². The summed E-state index contributed by atoms with van der Waals surface area (Å²) in [6.45, 7) is 6.15. The molecule has 0 radical (unpaired) electrons. The van der Waals surface area contributed by atoms with E-state index >= 15 is 0 Å². The Morgan fingerprint density at radius 2 is 2.15 bits per heavy atom. The topological polar surface area (TPSA) is 90.1 Å². The van der Waals surface area contributed by atoms with Crippen LogP contribution >= 0.6 is 34.4 Å². The van der Waals surface area contributed by atoms with E-state index in [4.69, 9.17) is 15.5 Å². The molecule has 0 saturated heterocycles. The van der Waals surface area contributed by atoms with E-state index < -0.39 is 0 Å². The van der Waals surface area contributed by atoms with Crippen molar-refractivity contribution in [2.24, 2.45) is 0 Å². The third kappa shape index (κ3) is 5.60. The second-order valence-corrected chi connectivity index (χ2v) is 10.7. The molecule has 6 nitrogen and oxygen atoms in total. The number of nitrogen functional groups attached to an aromatic ring is 1. The Morgan fingerprint density at radius 1 is 1.32 bits per heavy atom. The molecule has 0 bridgehead atoms. The van der Waals surface area contributed by atoms with Crippen LogP contribution < -0.4 is 15.8 Å². The molecule has 4 aromatic rings. The lowest BCUT2D eigenvalue weighted by atomic mass is 10.0. The van der Waals surface area contributed by atoms with E-state index in [0.717, 1.165) is 60.5 Å². The van der Waals surface area contributed by atoms with Crippen molar-refractivity contribution in [1.82, 2.24) is 15.3 Å². The number of rotatable bonds is 11. The number of aromatic nitrogens is 2. The van der Waals surface area contributed by atoms with Gasteiger partial charge in [0.2, 0.25) is 0 Å². The van der Waals surface area contributed by atoms with Crippen LogP contribution in [-0.4, -0.2) is 34.8 Å². The van der Waals surface area contributed by atoms with Gasteiger partial charge in [-0.3, -0.25) is 4.79 Å². The predicted molar refractivity (Wildman–Crippen MR) is 145 cm³/mol. The highest BCUT2D eigenvalue weighted by atomic mass is 32.2. The molecule has 0 spiro atoms. The van der Waals surface area contributed by atoms with Crippen molar-refractivity contribution in [2.45, 2.75) is 24.0 Å². The Labute approximate surface area is 211 Å². The maximum atomic E-state index is 11.8. The first kappa shape index (κ1) is 24.3. The largest absolute Gasteiger partial charge is 0.484 e. The predicted octanol–water partition coefficient (Wildman–Crippen LogP) is 6.24. The molecule has 3 aromatic heterocycles. The van der Waals surface area contributed by atoms with Crippen molar-refractivity contribution in [1.29, 1.82) is 0 Å². The number of amides is 1. The molecule has 0 unspecified atom stereocenters.